The van der Waals surface area contributed by atoms with Crippen molar-refractivity contribution in [2.24, 2.45) is 0 Å². The van der Waals surface area contributed by atoms with E-state index in [1.807, 2.05) is 0 Å². The van der Waals surface area contributed by atoms with E-state index in [1.165, 1.54) is 77.0 Å². The molecule has 0 heterocycles. The highest BCUT2D eigenvalue weighted by molar-refractivity contribution is 6.10. The molecule has 0 unspecified atom stereocenters. The molecule has 4 heteroatoms. The van der Waals surface area contributed by atoms with E-state index >= 15 is 0 Å². The number of amides is 3. The lowest BCUT2D eigenvalue weighted by Gasteiger charge is -2.19. The molecule has 0 aliphatic carbocycles. The van der Waals surface area contributed by atoms with Crippen molar-refractivity contribution in [3.63, 3.8) is 0 Å². The van der Waals surface area contributed by atoms with Crippen LogP contribution in [0.3, 0.4) is 0 Å². The number of hydrogen-bond acceptors (Lipinski definition) is 3. The van der Waals surface area contributed by atoms with Gasteiger partial charge >= 0.3 is 0 Å². The van der Waals surface area contributed by atoms with Crippen molar-refractivity contribution in [1.29, 1.82) is 0 Å². The van der Waals surface area contributed by atoms with Gasteiger partial charge in [0.1, 0.15) is 0 Å². The standard InChI is InChI=1S/C54H93NO3/c1-4-7-10-13-16-19-22-25-28-31-34-37-40-43-46-49-52(56)55(53(57)50-47-44-41-38-35-32-29-26-23-20-17-14-11-8-5-2)54(58)51-48-45-42-39-36-33-30-27-24-21-18-15-12-9-6-3/h16-21,25-30H,4-15,22-24,31-51H2,1-3H3/b19-16-,20-17-,21-18-,28-25-,29-26-,30-27-. The molecular weight excluding hydrogens is 711 g/mol. The maximum atomic E-state index is 13.3. The Hall–Kier alpha value is -2.75. The number of imide groups is 3. The summed E-state index contributed by atoms with van der Waals surface area (Å²) in [4.78, 5) is 41.0. The largest absolute Gasteiger partial charge is 0.274 e. The Morgan fingerprint density at radius 3 is 0.724 bits per heavy atom. The van der Waals surface area contributed by atoms with E-state index in [-0.39, 0.29) is 37.0 Å². The molecule has 0 fully saturated rings. The second kappa shape index (κ2) is 46.9. The number of carbonyl (C=O) groups excluding carboxylic acids is 3. The summed E-state index contributed by atoms with van der Waals surface area (Å²) in [7, 11) is 0. The average molecular weight is 804 g/mol. The highest BCUT2D eigenvalue weighted by Crippen LogP contribution is 2.16. The van der Waals surface area contributed by atoms with Crippen molar-refractivity contribution >= 4 is 17.7 Å². The Bertz CT molecular complexity index is 971. The summed E-state index contributed by atoms with van der Waals surface area (Å²) in [6.45, 7) is 6.73. The molecule has 0 aromatic heterocycles. The van der Waals surface area contributed by atoms with E-state index in [1.54, 1.807) is 0 Å². The van der Waals surface area contributed by atoms with Gasteiger partial charge in [-0.1, -0.05) is 190 Å². The van der Waals surface area contributed by atoms with Gasteiger partial charge < -0.3 is 0 Å². The summed E-state index contributed by atoms with van der Waals surface area (Å²) in [5.41, 5.74) is 0. The lowest BCUT2D eigenvalue weighted by atomic mass is 10.1. The summed E-state index contributed by atoms with van der Waals surface area (Å²) in [6, 6.07) is 0. The van der Waals surface area contributed by atoms with Gasteiger partial charge in [0.25, 0.3) is 0 Å². The fourth-order valence-corrected chi connectivity index (χ4v) is 7.02. The van der Waals surface area contributed by atoms with Gasteiger partial charge in [-0.05, 0) is 116 Å². The Labute approximate surface area is 360 Å². The van der Waals surface area contributed by atoms with Gasteiger partial charge in [-0.15, -0.1) is 0 Å². The van der Waals surface area contributed by atoms with Crippen LogP contribution in [0.5, 0.6) is 0 Å². The van der Waals surface area contributed by atoms with Crippen LogP contribution in [-0.2, 0) is 14.4 Å². The molecule has 0 aliphatic heterocycles. The summed E-state index contributed by atoms with van der Waals surface area (Å²) in [5.74, 6) is -0.859. The van der Waals surface area contributed by atoms with E-state index in [4.69, 9.17) is 0 Å². The van der Waals surface area contributed by atoms with Crippen LogP contribution < -0.4 is 0 Å². The third-order valence-electron chi connectivity index (χ3n) is 10.8. The molecule has 0 N–H and O–H groups in total. The SMILES string of the molecule is CCCCC/C=C\C/C=C\CCCCCCCC(=O)N(C(=O)CCCCCCC/C=C\C/C=C\CCCCC)C(=O)CCCCCCC/C=C\C/C=C\CCCCC. The number of hydrogen-bond donors (Lipinski definition) is 0. The monoisotopic (exact) mass is 804 g/mol. The lowest BCUT2D eigenvalue weighted by Crippen LogP contribution is -2.41. The zero-order valence-electron chi connectivity index (χ0n) is 38.6. The Kier molecular flexibility index (Phi) is 44.7. The van der Waals surface area contributed by atoms with Crippen molar-refractivity contribution in [3.05, 3.63) is 72.9 Å². The fraction of sp³-hybridized carbons (Fsp3) is 0.722. The molecule has 0 spiro atoms. The van der Waals surface area contributed by atoms with E-state index in [0.29, 0.717) is 0 Å². The van der Waals surface area contributed by atoms with Gasteiger partial charge in [0, 0.05) is 19.3 Å². The Morgan fingerprint density at radius 2 is 0.483 bits per heavy atom. The Balaban J connectivity index is 4.54. The predicted octanol–water partition coefficient (Wildman–Crippen LogP) is 17.3. The van der Waals surface area contributed by atoms with Gasteiger partial charge in [-0.2, -0.15) is 0 Å². The van der Waals surface area contributed by atoms with Crippen LogP contribution in [0.4, 0.5) is 0 Å². The molecule has 4 nitrogen and oxygen atoms in total. The van der Waals surface area contributed by atoms with Crippen LogP contribution >= 0.6 is 0 Å². The number of unbranched alkanes of at least 4 members (excludes halogenated alkanes) is 24. The summed E-state index contributed by atoms with van der Waals surface area (Å²) in [5, 5.41) is 0. The first-order chi connectivity index (χ1) is 28.6. The van der Waals surface area contributed by atoms with Crippen LogP contribution in [0.1, 0.15) is 252 Å². The second-order valence-electron chi connectivity index (χ2n) is 16.5. The fourth-order valence-electron chi connectivity index (χ4n) is 7.02. The second-order valence-corrected chi connectivity index (χ2v) is 16.5. The van der Waals surface area contributed by atoms with E-state index < -0.39 is 0 Å². The van der Waals surface area contributed by atoms with Crippen molar-refractivity contribution in [3.8, 4) is 0 Å². The molecule has 0 aromatic rings. The number of allylic oxidation sites excluding steroid dienone is 12. The van der Waals surface area contributed by atoms with Crippen LogP contribution in [0.25, 0.3) is 0 Å². The Morgan fingerprint density at radius 1 is 0.276 bits per heavy atom. The minimum Gasteiger partial charge on any atom is -0.274 e. The molecule has 332 valence electrons. The maximum Gasteiger partial charge on any atom is 0.236 e. The molecule has 58 heavy (non-hydrogen) atoms. The molecule has 0 aliphatic rings. The first-order valence-corrected chi connectivity index (χ1v) is 24.9. The third-order valence-corrected chi connectivity index (χ3v) is 10.8. The number of carbonyl (C=O) groups is 3. The predicted molar refractivity (Wildman–Crippen MR) is 255 cm³/mol. The van der Waals surface area contributed by atoms with E-state index in [0.717, 1.165) is 140 Å². The summed E-state index contributed by atoms with van der Waals surface area (Å²) >= 11 is 0. The first kappa shape index (κ1) is 55.2. The van der Waals surface area contributed by atoms with Crippen molar-refractivity contribution in [1.82, 2.24) is 4.90 Å². The van der Waals surface area contributed by atoms with Crippen LogP contribution in [0.2, 0.25) is 0 Å². The quantitative estimate of drug-likeness (QED) is 0.0456. The first-order valence-electron chi connectivity index (χ1n) is 24.9. The molecule has 0 rings (SSSR count). The normalized spacial score (nSPS) is 12.3. The van der Waals surface area contributed by atoms with Crippen LogP contribution in [0, 0.1) is 0 Å². The van der Waals surface area contributed by atoms with Crippen molar-refractivity contribution < 1.29 is 14.4 Å². The minimum absolute atomic E-state index is 0.284. The van der Waals surface area contributed by atoms with Crippen molar-refractivity contribution in [2.45, 2.75) is 252 Å². The van der Waals surface area contributed by atoms with Gasteiger partial charge in [-0.25, -0.2) is 4.90 Å². The lowest BCUT2D eigenvalue weighted by molar-refractivity contribution is -0.154. The van der Waals surface area contributed by atoms with Crippen molar-refractivity contribution in [2.75, 3.05) is 0 Å². The molecule has 3 amide bonds. The zero-order chi connectivity index (χ0) is 42.3. The summed E-state index contributed by atoms with van der Waals surface area (Å²) in [6.07, 6.45) is 65.1. The zero-order valence-corrected chi connectivity index (χ0v) is 38.6. The molecule has 0 saturated heterocycles. The minimum atomic E-state index is -0.286. The molecule has 0 saturated carbocycles. The number of rotatable bonds is 42. The highest BCUT2D eigenvalue weighted by atomic mass is 16.2. The third kappa shape index (κ3) is 40.0. The topological polar surface area (TPSA) is 54.5 Å². The van der Waals surface area contributed by atoms with Gasteiger partial charge in [0.05, 0.1) is 0 Å². The molecule has 0 atom stereocenters. The smallest absolute Gasteiger partial charge is 0.236 e. The molecular formula is C54H93NO3. The van der Waals surface area contributed by atoms with Gasteiger partial charge in [0.15, 0.2) is 0 Å². The maximum absolute atomic E-state index is 13.3. The molecule has 0 radical (unpaired) electrons. The summed E-state index contributed by atoms with van der Waals surface area (Å²) < 4.78 is 0. The van der Waals surface area contributed by atoms with Gasteiger partial charge in [-0.3, -0.25) is 14.4 Å². The average Bonchev–Trinajstić information content (AvgIpc) is 3.22. The molecule has 0 aromatic carbocycles. The number of nitrogens with zero attached hydrogens (tertiary/aromatic N) is 1. The van der Waals surface area contributed by atoms with Crippen LogP contribution in [0.15, 0.2) is 72.9 Å². The highest BCUT2D eigenvalue weighted by Gasteiger charge is 2.27. The van der Waals surface area contributed by atoms with Crippen LogP contribution in [-0.4, -0.2) is 22.6 Å². The van der Waals surface area contributed by atoms with E-state index in [9.17, 15) is 14.4 Å². The molecule has 0 bridgehead atoms. The van der Waals surface area contributed by atoms with Gasteiger partial charge in [0.2, 0.25) is 17.7 Å². The van der Waals surface area contributed by atoms with E-state index in [2.05, 4.69) is 93.7 Å².